The predicted octanol–water partition coefficient (Wildman–Crippen LogP) is -0.546. The third-order valence-electron chi connectivity index (χ3n) is 1.18. The van der Waals surface area contributed by atoms with Gasteiger partial charge in [-0.15, -0.1) is 0 Å². The van der Waals surface area contributed by atoms with Crippen LogP contribution in [0.1, 0.15) is 10.5 Å². The molecule has 4 heteroatoms. The van der Waals surface area contributed by atoms with Crippen molar-refractivity contribution in [3.05, 3.63) is 24.0 Å². The van der Waals surface area contributed by atoms with Crippen LogP contribution in [0.3, 0.4) is 0 Å². The van der Waals surface area contributed by atoms with Crippen molar-refractivity contribution in [2.45, 2.75) is 0 Å². The number of aromatic nitrogens is 1. The van der Waals surface area contributed by atoms with Gasteiger partial charge >= 0.3 is 0 Å². The summed E-state index contributed by atoms with van der Waals surface area (Å²) >= 11 is 0. The number of ether oxygens (including phenoxy) is 1. The first-order valence-corrected chi connectivity index (χ1v) is 2.95. The minimum atomic E-state index is -1.28. The topological polar surface area (TPSA) is 62.2 Å². The summed E-state index contributed by atoms with van der Waals surface area (Å²) in [5.41, 5.74) is -0.0919. The van der Waals surface area contributed by atoms with Crippen molar-refractivity contribution in [3.8, 4) is 5.75 Å². The van der Waals surface area contributed by atoms with Gasteiger partial charge in [-0.25, -0.2) is 0 Å². The van der Waals surface area contributed by atoms with E-state index in [0.29, 0.717) is 5.75 Å². The highest BCUT2D eigenvalue weighted by Crippen LogP contribution is 2.06. The third kappa shape index (κ3) is 1.67. The molecule has 1 aromatic heterocycles. The van der Waals surface area contributed by atoms with E-state index in [1.54, 1.807) is 0 Å². The first-order valence-electron chi connectivity index (χ1n) is 2.95. The van der Waals surface area contributed by atoms with Gasteiger partial charge in [0, 0.05) is 0 Å². The van der Waals surface area contributed by atoms with Crippen molar-refractivity contribution in [1.29, 1.82) is 0 Å². The molecular weight excluding hydrogens is 146 g/mol. The summed E-state index contributed by atoms with van der Waals surface area (Å²) in [5.74, 6) is -0.761. The van der Waals surface area contributed by atoms with Crippen molar-refractivity contribution < 1.29 is 14.6 Å². The Bertz CT molecular complexity index is 255. The average Bonchev–Trinajstić information content (AvgIpc) is 2.05. The Morgan fingerprint density at radius 1 is 1.64 bits per heavy atom. The fourth-order valence-electron chi connectivity index (χ4n) is 0.622. The minimum Gasteiger partial charge on any atom is -0.543 e. The average molecular weight is 152 g/mol. The number of carbonyl (C=O) groups is 1. The Labute approximate surface area is 63.5 Å². The summed E-state index contributed by atoms with van der Waals surface area (Å²) in [5, 5.41) is 10.2. The predicted molar refractivity (Wildman–Crippen MR) is 35.1 cm³/mol. The van der Waals surface area contributed by atoms with Gasteiger partial charge in [0.2, 0.25) is 0 Å². The molecule has 0 bridgehead atoms. The summed E-state index contributed by atoms with van der Waals surface area (Å²) in [6.45, 7) is 0. The van der Waals surface area contributed by atoms with Gasteiger partial charge in [-0.2, -0.15) is 0 Å². The van der Waals surface area contributed by atoms with E-state index >= 15 is 0 Å². The van der Waals surface area contributed by atoms with E-state index in [9.17, 15) is 9.90 Å². The zero-order chi connectivity index (χ0) is 8.27. The molecule has 1 heterocycles. The van der Waals surface area contributed by atoms with Gasteiger partial charge in [0.05, 0.1) is 25.0 Å². The lowest BCUT2D eigenvalue weighted by molar-refractivity contribution is -0.255. The van der Waals surface area contributed by atoms with Crippen LogP contribution in [0.25, 0.3) is 0 Å². The fourth-order valence-corrected chi connectivity index (χ4v) is 0.622. The molecule has 0 aliphatic heterocycles. The van der Waals surface area contributed by atoms with Crippen molar-refractivity contribution in [2.75, 3.05) is 7.11 Å². The number of hydrogen-bond acceptors (Lipinski definition) is 4. The lowest BCUT2D eigenvalue weighted by Crippen LogP contribution is -2.23. The Balaban J connectivity index is 2.91. The quantitative estimate of drug-likeness (QED) is 0.570. The van der Waals surface area contributed by atoms with Crippen molar-refractivity contribution in [3.63, 3.8) is 0 Å². The summed E-state index contributed by atoms with van der Waals surface area (Å²) in [7, 11) is 1.48. The molecule has 1 rings (SSSR count). The fraction of sp³-hybridized carbons (Fsp3) is 0.143. The zero-order valence-electron chi connectivity index (χ0n) is 5.90. The number of carboxylic acids is 1. The monoisotopic (exact) mass is 152 g/mol. The molecule has 58 valence electrons. The summed E-state index contributed by atoms with van der Waals surface area (Å²) < 4.78 is 4.77. The van der Waals surface area contributed by atoms with Gasteiger partial charge < -0.3 is 14.6 Å². The molecule has 0 unspecified atom stereocenters. The lowest BCUT2D eigenvalue weighted by Gasteiger charge is -2.01. The number of rotatable bonds is 2. The Morgan fingerprint density at radius 3 is 2.73 bits per heavy atom. The molecule has 0 spiro atoms. The normalized spacial score (nSPS) is 9.18. The molecule has 11 heavy (non-hydrogen) atoms. The number of nitrogens with zero attached hydrogens (tertiary/aromatic N) is 1. The Hall–Kier alpha value is -1.58. The molecule has 0 aliphatic rings. The highest BCUT2D eigenvalue weighted by Gasteiger charge is 1.94. The van der Waals surface area contributed by atoms with Crippen molar-refractivity contribution >= 4 is 5.97 Å². The van der Waals surface area contributed by atoms with E-state index in [0.717, 1.165) is 0 Å². The van der Waals surface area contributed by atoms with Crippen LogP contribution in [0.2, 0.25) is 0 Å². The summed E-state index contributed by atoms with van der Waals surface area (Å²) in [4.78, 5) is 13.7. The highest BCUT2D eigenvalue weighted by atomic mass is 16.5. The molecule has 0 aromatic carbocycles. The molecule has 0 atom stereocenters. The van der Waals surface area contributed by atoms with Crippen LogP contribution >= 0.6 is 0 Å². The van der Waals surface area contributed by atoms with Crippen LogP contribution in [-0.4, -0.2) is 18.1 Å². The van der Waals surface area contributed by atoms with Gasteiger partial charge in [0.1, 0.15) is 5.75 Å². The van der Waals surface area contributed by atoms with Crippen LogP contribution in [0, 0.1) is 0 Å². The molecule has 0 saturated heterocycles. The van der Waals surface area contributed by atoms with Gasteiger partial charge in [0.15, 0.2) is 0 Å². The van der Waals surface area contributed by atoms with Gasteiger partial charge in [-0.1, -0.05) is 0 Å². The molecule has 4 nitrogen and oxygen atoms in total. The smallest absolute Gasteiger partial charge is 0.137 e. The van der Waals surface area contributed by atoms with E-state index < -0.39 is 5.97 Å². The Morgan fingerprint density at radius 2 is 2.36 bits per heavy atom. The minimum absolute atomic E-state index is 0.0919. The molecule has 0 N–H and O–H groups in total. The van der Waals surface area contributed by atoms with Crippen molar-refractivity contribution in [2.24, 2.45) is 0 Å². The van der Waals surface area contributed by atoms with E-state index in [4.69, 9.17) is 4.74 Å². The molecule has 0 amide bonds. The van der Waals surface area contributed by atoms with Crippen LogP contribution in [0.15, 0.2) is 18.3 Å². The number of carboxylic acid groups (broad SMARTS) is 1. The summed E-state index contributed by atoms with van der Waals surface area (Å²) in [6.07, 6.45) is 1.32. The van der Waals surface area contributed by atoms with E-state index in [-0.39, 0.29) is 5.69 Å². The van der Waals surface area contributed by atoms with Gasteiger partial charge in [-0.3, -0.25) is 4.98 Å². The maximum Gasteiger partial charge on any atom is 0.137 e. The molecule has 1 aromatic rings. The van der Waals surface area contributed by atoms with E-state index in [1.807, 2.05) is 0 Å². The maximum atomic E-state index is 10.2. The van der Waals surface area contributed by atoms with Crippen LogP contribution in [0.5, 0.6) is 5.75 Å². The number of carbonyl (C=O) groups excluding carboxylic acids is 1. The molecule has 0 radical (unpaired) electrons. The second-order valence-corrected chi connectivity index (χ2v) is 1.87. The second-order valence-electron chi connectivity index (χ2n) is 1.87. The first-order chi connectivity index (χ1) is 5.24. The summed E-state index contributed by atoms with van der Waals surface area (Å²) in [6, 6.07) is 2.84. The Kier molecular flexibility index (Phi) is 2.06. The van der Waals surface area contributed by atoms with Gasteiger partial charge in [0.25, 0.3) is 0 Å². The molecule has 0 fully saturated rings. The van der Waals surface area contributed by atoms with Gasteiger partial charge in [-0.05, 0) is 12.1 Å². The lowest BCUT2D eigenvalue weighted by atomic mass is 10.3. The maximum absolute atomic E-state index is 10.2. The molecular formula is C7H6NO3-. The third-order valence-corrected chi connectivity index (χ3v) is 1.18. The van der Waals surface area contributed by atoms with Crippen LogP contribution < -0.4 is 9.84 Å². The van der Waals surface area contributed by atoms with E-state index in [2.05, 4.69) is 4.98 Å². The van der Waals surface area contributed by atoms with Crippen molar-refractivity contribution in [1.82, 2.24) is 4.98 Å². The second kappa shape index (κ2) is 3.01. The standard InChI is InChI=1S/C7H7NO3/c1-11-5-2-3-6(7(9)10)8-4-5/h2-4H,1H3,(H,9,10)/p-1. The number of methoxy groups -OCH3 is 1. The largest absolute Gasteiger partial charge is 0.543 e. The van der Waals surface area contributed by atoms with E-state index in [1.165, 1.54) is 25.4 Å². The SMILES string of the molecule is COc1ccc(C(=O)[O-])nc1. The van der Waals surface area contributed by atoms with Crippen LogP contribution in [-0.2, 0) is 0 Å². The molecule has 0 saturated carbocycles. The zero-order valence-corrected chi connectivity index (χ0v) is 5.90. The number of aromatic carboxylic acids is 1. The number of pyridine rings is 1. The molecule has 0 aliphatic carbocycles. The highest BCUT2D eigenvalue weighted by molar-refractivity contribution is 5.83. The van der Waals surface area contributed by atoms with Crippen LogP contribution in [0.4, 0.5) is 0 Å². The first kappa shape index (κ1) is 7.53. The number of hydrogen-bond donors (Lipinski definition) is 0.